The Morgan fingerprint density at radius 2 is 2.06 bits per heavy atom. The van der Waals surface area contributed by atoms with Gasteiger partial charge in [0.1, 0.15) is 0 Å². The number of nitrogens with one attached hydrogen (secondary N) is 1. The molecule has 0 saturated carbocycles. The molecule has 0 saturated heterocycles. The Hall–Kier alpha value is -2.03. The number of anilines is 2. The first-order valence-corrected chi connectivity index (χ1v) is 4.80. The van der Waals surface area contributed by atoms with Crippen LogP contribution in [0.3, 0.4) is 0 Å². The van der Waals surface area contributed by atoms with Crippen LogP contribution in [0.4, 0.5) is 11.9 Å². The maximum atomic E-state index is 5.33. The van der Waals surface area contributed by atoms with Crippen molar-refractivity contribution >= 4 is 11.9 Å². The van der Waals surface area contributed by atoms with Crippen molar-refractivity contribution in [3.63, 3.8) is 0 Å². The van der Waals surface area contributed by atoms with Crippen molar-refractivity contribution in [2.75, 3.05) is 31.4 Å². The SMILES string of the molecule is C#CC(C)Oc1nc(NC)nc(N(C)C)n1. The maximum Gasteiger partial charge on any atom is 0.324 e. The summed E-state index contributed by atoms with van der Waals surface area (Å²) < 4.78 is 5.33. The van der Waals surface area contributed by atoms with Crippen LogP contribution in [0.15, 0.2) is 0 Å². The van der Waals surface area contributed by atoms with Gasteiger partial charge in [-0.2, -0.15) is 15.0 Å². The van der Waals surface area contributed by atoms with Gasteiger partial charge in [-0.25, -0.2) is 0 Å². The predicted octanol–water partition coefficient (Wildman–Crippen LogP) is 0.380. The van der Waals surface area contributed by atoms with E-state index in [2.05, 4.69) is 26.2 Å². The highest BCUT2D eigenvalue weighted by Crippen LogP contribution is 2.13. The predicted molar refractivity (Wildman–Crippen MR) is 62.6 cm³/mol. The van der Waals surface area contributed by atoms with Gasteiger partial charge in [-0.3, -0.25) is 0 Å². The van der Waals surface area contributed by atoms with Crippen LogP contribution in [0, 0.1) is 12.3 Å². The minimum atomic E-state index is -0.373. The number of aromatic nitrogens is 3. The lowest BCUT2D eigenvalue weighted by atomic mass is 10.4. The van der Waals surface area contributed by atoms with Gasteiger partial charge in [0.25, 0.3) is 0 Å². The number of hydrogen-bond acceptors (Lipinski definition) is 6. The van der Waals surface area contributed by atoms with Crippen molar-refractivity contribution in [3.8, 4) is 18.4 Å². The smallest absolute Gasteiger partial charge is 0.324 e. The van der Waals surface area contributed by atoms with Crippen LogP contribution in [-0.4, -0.2) is 42.2 Å². The van der Waals surface area contributed by atoms with Crippen LogP contribution >= 0.6 is 0 Å². The van der Waals surface area contributed by atoms with E-state index >= 15 is 0 Å². The Kier molecular flexibility index (Phi) is 3.89. The summed E-state index contributed by atoms with van der Waals surface area (Å²) in [4.78, 5) is 14.1. The Balaban J connectivity index is 3.00. The zero-order chi connectivity index (χ0) is 12.1. The molecular weight excluding hydrogens is 206 g/mol. The van der Waals surface area contributed by atoms with Crippen molar-refractivity contribution < 1.29 is 4.74 Å². The first kappa shape index (κ1) is 12.0. The highest BCUT2D eigenvalue weighted by Gasteiger charge is 2.09. The molecule has 0 radical (unpaired) electrons. The summed E-state index contributed by atoms with van der Waals surface area (Å²) in [6.07, 6.45) is 4.84. The van der Waals surface area contributed by atoms with Crippen molar-refractivity contribution in [1.82, 2.24) is 15.0 Å². The van der Waals surface area contributed by atoms with Gasteiger partial charge in [0.05, 0.1) is 0 Å². The minimum absolute atomic E-state index is 0.216. The monoisotopic (exact) mass is 221 g/mol. The molecule has 0 aliphatic carbocycles. The molecule has 0 aliphatic heterocycles. The zero-order valence-electron chi connectivity index (χ0n) is 9.85. The first-order chi connectivity index (χ1) is 7.56. The summed E-state index contributed by atoms with van der Waals surface area (Å²) in [6, 6.07) is 0.216. The van der Waals surface area contributed by atoms with Crippen LogP contribution in [0.1, 0.15) is 6.92 Å². The fraction of sp³-hybridized carbons (Fsp3) is 0.500. The summed E-state index contributed by atoms with van der Waals surface area (Å²) in [5.74, 6) is 3.40. The molecule has 0 amide bonds. The summed E-state index contributed by atoms with van der Waals surface area (Å²) in [6.45, 7) is 1.75. The van der Waals surface area contributed by atoms with Gasteiger partial charge >= 0.3 is 6.01 Å². The van der Waals surface area contributed by atoms with Gasteiger partial charge in [0, 0.05) is 21.1 Å². The van der Waals surface area contributed by atoms with E-state index in [9.17, 15) is 0 Å². The lowest BCUT2D eigenvalue weighted by Crippen LogP contribution is -2.17. The molecule has 0 spiro atoms. The molecule has 0 fully saturated rings. The van der Waals surface area contributed by atoms with E-state index in [1.807, 2.05) is 14.1 Å². The molecule has 0 aromatic carbocycles. The van der Waals surface area contributed by atoms with Gasteiger partial charge < -0.3 is 15.0 Å². The molecule has 0 aliphatic rings. The van der Waals surface area contributed by atoms with Gasteiger partial charge in [0.2, 0.25) is 11.9 Å². The molecule has 6 nitrogen and oxygen atoms in total. The van der Waals surface area contributed by atoms with E-state index in [0.29, 0.717) is 11.9 Å². The normalized spacial score (nSPS) is 11.4. The van der Waals surface area contributed by atoms with Crippen molar-refractivity contribution in [3.05, 3.63) is 0 Å². The molecule has 1 unspecified atom stereocenters. The number of terminal acetylenes is 1. The van der Waals surface area contributed by atoms with Crippen LogP contribution in [0.2, 0.25) is 0 Å². The quantitative estimate of drug-likeness (QED) is 0.742. The topological polar surface area (TPSA) is 63.2 Å². The highest BCUT2D eigenvalue weighted by atomic mass is 16.5. The molecule has 1 aromatic heterocycles. The molecule has 1 rings (SSSR count). The van der Waals surface area contributed by atoms with Gasteiger partial charge in [-0.05, 0) is 6.92 Å². The third kappa shape index (κ3) is 2.98. The van der Waals surface area contributed by atoms with E-state index in [0.717, 1.165) is 0 Å². The number of nitrogens with zero attached hydrogens (tertiary/aromatic N) is 4. The lowest BCUT2D eigenvalue weighted by Gasteiger charge is -2.13. The molecule has 1 aromatic rings. The van der Waals surface area contributed by atoms with Crippen LogP contribution in [0.5, 0.6) is 6.01 Å². The number of hydrogen-bond donors (Lipinski definition) is 1. The van der Waals surface area contributed by atoms with Gasteiger partial charge in [-0.1, -0.05) is 5.92 Å². The maximum absolute atomic E-state index is 5.33. The van der Waals surface area contributed by atoms with Crippen LogP contribution in [0.25, 0.3) is 0 Å². The summed E-state index contributed by atoms with van der Waals surface area (Å²) in [5.41, 5.74) is 0. The molecule has 0 bridgehead atoms. The summed E-state index contributed by atoms with van der Waals surface area (Å²) in [5, 5.41) is 2.83. The molecule has 16 heavy (non-hydrogen) atoms. The molecule has 1 atom stereocenters. The van der Waals surface area contributed by atoms with Crippen molar-refractivity contribution in [1.29, 1.82) is 0 Å². The fourth-order valence-electron chi connectivity index (χ4n) is 0.903. The van der Waals surface area contributed by atoms with E-state index in [4.69, 9.17) is 11.2 Å². The van der Waals surface area contributed by atoms with E-state index in [1.165, 1.54) is 0 Å². The van der Waals surface area contributed by atoms with E-state index in [1.54, 1.807) is 18.9 Å². The van der Waals surface area contributed by atoms with Crippen LogP contribution < -0.4 is 15.0 Å². The molecule has 86 valence electrons. The van der Waals surface area contributed by atoms with Gasteiger partial charge in [-0.15, -0.1) is 6.42 Å². The average molecular weight is 221 g/mol. The molecule has 6 heteroatoms. The fourth-order valence-corrected chi connectivity index (χ4v) is 0.903. The van der Waals surface area contributed by atoms with E-state index < -0.39 is 0 Å². The second-order valence-electron chi connectivity index (χ2n) is 3.31. The first-order valence-electron chi connectivity index (χ1n) is 4.80. The lowest BCUT2D eigenvalue weighted by molar-refractivity contribution is 0.256. The molecule has 1 heterocycles. The molecular formula is C10H15N5O. The summed E-state index contributed by atoms with van der Waals surface area (Å²) in [7, 11) is 5.40. The number of ether oxygens (including phenoxy) is 1. The largest absolute Gasteiger partial charge is 0.447 e. The second-order valence-corrected chi connectivity index (χ2v) is 3.31. The number of rotatable bonds is 4. The van der Waals surface area contributed by atoms with Crippen molar-refractivity contribution in [2.45, 2.75) is 13.0 Å². The zero-order valence-corrected chi connectivity index (χ0v) is 9.85. The molecule has 1 N–H and O–H groups in total. The average Bonchev–Trinajstić information content (AvgIpc) is 2.28. The minimum Gasteiger partial charge on any atom is -0.447 e. The standard InChI is InChI=1S/C10H15N5O/c1-6-7(2)16-10-13-8(11-3)12-9(14-10)15(4)5/h1,7H,2-5H3,(H,11,12,13,14). The van der Waals surface area contributed by atoms with E-state index in [-0.39, 0.29) is 12.1 Å². The summed E-state index contributed by atoms with van der Waals surface area (Å²) >= 11 is 0. The Labute approximate surface area is 95.1 Å². The Morgan fingerprint density at radius 3 is 2.56 bits per heavy atom. The Bertz CT molecular complexity index is 399. The van der Waals surface area contributed by atoms with Gasteiger partial charge in [0.15, 0.2) is 6.10 Å². The van der Waals surface area contributed by atoms with Crippen LogP contribution in [-0.2, 0) is 0 Å². The highest BCUT2D eigenvalue weighted by molar-refractivity contribution is 5.36. The third-order valence-electron chi connectivity index (χ3n) is 1.74. The van der Waals surface area contributed by atoms with Crippen molar-refractivity contribution in [2.24, 2.45) is 0 Å². The Morgan fingerprint density at radius 1 is 1.38 bits per heavy atom. The second kappa shape index (κ2) is 5.16. The third-order valence-corrected chi connectivity index (χ3v) is 1.74.